The summed E-state index contributed by atoms with van der Waals surface area (Å²) >= 11 is 0. The highest BCUT2D eigenvalue weighted by Gasteiger charge is 2.62. The van der Waals surface area contributed by atoms with Crippen LogP contribution in [0.2, 0.25) is 0 Å². The fourth-order valence-corrected chi connectivity index (χ4v) is 6.12. The first-order valence-electron chi connectivity index (χ1n) is 7.70. The van der Waals surface area contributed by atoms with Crippen LogP contribution in [0.1, 0.15) is 59.3 Å². The number of aliphatic hydroxyl groups is 1. The quantitative estimate of drug-likeness (QED) is 0.823. The van der Waals surface area contributed by atoms with Crippen LogP contribution in [0.5, 0.6) is 0 Å². The molecule has 4 saturated carbocycles. The molecule has 4 bridgehead atoms. The fraction of sp³-hybridized carbons (Fsp3) is 0.938. The second-order valence-corrected chi connectivity index (χ2v) is 8.47. The first-order chi connectivity index (χ1) is 8.78. The van der Waals surface area contributed by atoms with Crippen LogP contribution in [0.25, 0.3) is 0 Å². The molecule has 4 aliphatic carbocycles. The molecule has 3 atom stereocenters. The predicted molar refractivity (Wildman–Crippen MR) is 74.5 cm³/mol. The van der Waals surface area contributed by atoms with Crippen molar-refractivity contribution in [2.24, 2.45) is 22.2 Å². The van der Waals surface area contributed by atoms with Crippen LogP contribution in [-0.2, 0) is 4.79 Å². The third-order valence-electron chi connectivity index (χ3n) is 5.76. The summed E-state index contributed by atoms with van der Waals surface area (Å²) in [7, 11) is 0. The van der Waals surface area contributed by atoms with E-state index in [2.05, 4.69) is 19.2 Å². The van der Waals surface area contributed by atoms with Crippen molar-refractivity contribution in [1.29, 1.82) is 0 Å². The van der Waals surface area contributed by atoms with Crippen molar-refractivity contribution in [2.45, 2.75) is 65.3 Å². The number of nitrogens with one attached hydrogen (secondary N) is 1. The Balaban J connectivity index is 1.86. The average Bonchev–Trinajstić information content (AvgIpc) is 2.23. The van der Waals surface area contributed by atoms with Crippen molar-refractivity contribution in [3.05, 3.63) is 0 Å². The maximum atomic E-state index is 12.7. The highest BCUT2D eigenvalue weighted by Crippen LogP contribution is 2.69. The van der Waals surface area contributed by atoms with Gasteiger partial charge in [-0.25, -0.2) is 0 Å². The van der Waals surface area contributed by atoms with Crippen molar-refractivity contribution in [1.82, 2.24) is 5.32 Å². The molecule has 4 fully saturated rings. The molecule has 3 heteroatoms. The predicted octanol–water partition coefficient (Wildman–Crippen LogP) is 2.48. The highest BCUT2D eigenvalue weighted by molar-refractivity contribution is 5.83. The van der Waals surface area contributed by atoms with E-state index in [1.165, 1.54) is 19.3 Å². The Morgan fingerprint density at radius 2 is 1.79 bits per heavy atom. The lowest BCUT2D eigenvalue weighted by Crippen LogP contribution is -2.60. The van der Waals surface area contributed by atoms with Gasteiger partial charge in [-0.3, -0.25) is 4.79 Å². The topological polar surface area (TPSA) is 49.3 Å². The summed E-state index contributed by atoms with van der Waals surface area (Å²) in [6.45, 7) is 6.67. The van der Waals surface area contributed by atoms with Crippen molar-refractivity contribution < 1.29 is 9.90 Å². The lowest BCUT2D eigenvalue weighted by Gasteiger charge is -2.64. The van der Waals surface area contributed by atoms with Crippen LogP contribution in [-0.4, -0.2) is 23.7 Å². The van der Waals surface area contributed by atoms with Crippen molar-refractivity contribution >= 4 is 5.91 Å². The lowest BCUT2D eigenvalue weighted by molar-refractivity contribution is -0.170. The van der Waals surface area contributed by atoms with E-state index in [0.29, 0.717) is 10.8 Å². The summed E-state index contributed by atoms with van der Waals surface area (Å²) in [6, 6.07) is -0.124. The smallest absolute Gasteiger partial charge is 0.226 e. The zero-order chi connectivity index (χ0) is 13.9. The van der Waals surface area contributed by atoms with E-state index in [1.54, 1.807) is 0 Å². The zero-order valence-electron chi connectivity index (χ0n) is 12.5. The Morgan fingerprint density at radius 1 is 1.21 bits per heavy atom. The standard InChI is InChI=1S/C16H27NO2/c1-11(7-18)17-13(19)16-6-12-4-14(2,9-16)8-15(3,5-12)10-16/h11-12,18H,4-10H2,1-3H3,(H,17,19)/t11-,12?,14?,15?,16?/m0/s1. The van der Waals surface area contributed by atoms with E-state index in [0.717, 1.165) is 25.2 Å². The molecule has 0 aromatic carbocycles. The third-order valence-corrected chi connectivity index (χ3v) is 5.76. The van der Waals surface area contributed by atoms with Gasteiger partial charge in [-0.1, -0.05) is 13.8 Å². The van der Waals surface area contributed by atoms with Gasteiger partial charge in [0.05, 0.1) is 12.0 Å². The Labute approximate surface area is 116 Å². The van der Waals surface area contributed by atoms with E-state index in [1.807, 2.05) is 6.92 Å². The lowest BCUT2D eigenvalue weighted by atomic mass is 9.40. The second kappa shape index (κ2) is 3.97. The van der Waals surface area contributed by atoms with Gasteiger partial charge in [0.15, 0.2) is 0 Å². The largest absolute Gasteiger partial charge is 0.394 e. The van der Waals surface area contributed by atoms with Crippen LogP contribution in [0.4, 0.5) is 0 Å². The molecule has 4 aliphatic rings. The SMILES string of the molecule is C[C@@H](CO)NC(=O)C12CC3CC(C)(CC(C)(C3)C1)C2. The van der Waals surface area contributed by atoms with Crippen molar-refractivity contribution in [2.75, 3.05) is 6.61 Å². The highest BCUT2D eigenvalue weighted by atomic mass is 16.3. The monoisotopic (exact) mass is 265 g/mol. The molecule has 3 nitrogen and oxygen atoms in total. The van der Waals surface area contributed by atoms with Gasteiger partial charge >= 0.3 is 0 Å². The van der Waals surface area contributed by atoms with Gasteiger partial charge in [0, 0.05) is 6.04 Å². The number of amides is 1. The van der Waals surface area contributed by atoms with Gasteiger partial charge in [-0.2, -0.15) is 0 Å². The molecule has 0 aromatic heterocycles. The number of aliphatic hydroxyl groups excluding tert-OH is 1. The van der Waals surface area contributed by atoms with Gasteiger partial charge in [0.1, 0.15) is 0 Å². The molecule has 0 heterocycles. The van der Waals surface area contributed by atoms with Gasteiger partial charge < -0.3 is 10.4 Å². The Bertz CT molecular complexity index is 388. The molecule has 2 N–H and O–H groups in total. The first kappa shape index (κ1) is 13.4. The Hall–Kier alpha value is -0.570. The maximum Gasteiger partial charge on any atom is 0.226 e. The van der Waals surface area contributed by atoms with Crippen LogP contribution in [0.15, 0.2) is 0 Å². The Morgan fingerprint density at radius 3 is 2.26 bits per heavy atom. The molecule has 1 amide bonds. The summed E-state index contributed by atoms with van der Waals surface area (Å²) in [4.78, 5) is 12.7. The molecule has 108 valence electrons. The van der Waals surface area contributed by atoms with Crippen LogP contribution < -0.4 is 5.32 Å². The van der Waals surface area contributed by atoms with Crippen LogP contribution >= 0.6 is 0 Å². The molecule has 0 spiro atoms. The Kier molecular flexibility index (Phi) is 2.80. The molecule has 2 unspecified atom stereocenters. The molecular weight excluding hydrogens is 238 g/mol. The van der Waals surface area contributed by atoms with E-state index < -0.39 is 0 Å². The number of hydrogen-bond acceptors (Lipinski definition) is 2. The van der Waals surface area contributed by atoms with E-state index in [4.69, 9.17) is 5.11 Å². The maximum absolute atomic E-state index is 12.7. The number of rotatable bonds is 3. The van der Waals surface area contributed by atoms with Crippen molar-refractivity contribution in [3.63, 3.8) is 0 Å². The number of carbonyl (C=O) groups excluding carboxylic acids is 1. The van der Waals surface area contributed by atoms with E-state index in [-0.39, 0.29) is 24.0 Å². The molecule has 0 radical (unpaired) electrons. The van der Waals surface area contributed by atoms with Gasteiger partial charge in [0.25, 0.3) is 0 Å². The average molecular weight is 265 g/mol. The summed E-state index contributed by atoms with van der Waals surface area (Å²) in [5.74, 6) is 0.942. The van der Waals surface area contributed by atoms with Crippen molar-refractivity contribution in [3.8, 4) is 0 Å². The first-order valence-corrected chi connectivity index (χ1v) is 7.70. The minimum Gasteiger partial charge on any atom is -0.394 e. The van der Waals surface area contributed by atoms with Crippen LogP contribution in [0, 0.1) is 22.2 Å². The normalized spacial score (nSPS) is 49.2. The summed E-state index contributed by atoms with van der Waals surface area (Å²) in [5, 5.41) is 12.2. The summed E-state index contributed by atoms with van der Waals surface area (Å²) in [5.41, 5.74) is 0.592. The zero-order valence-corrected chi connectivity index (χ0v) is 12.5. The minimum atomic E-state index is -0.146. The fourth-order valence-electron chi connectivity index (χ4n) is 6.12. The molecule has 19 heavy (non-hydrogen) atoms. The summed E-state index contributed by atoms with van der Waals surface area (Å²) in [6.07, 6.45) is 7.09. The molecule has 4 rings (SSSR count). The third kappa shape index (κ3) is 2.10. The number of carbonyl (C=O) groups is 1. The number of hydrogen-bond donors (Lipinski definition) is 2. The summed E-state index contributed by atoms with van der Waals surface area (Å²) < 4.78 is 0. The van der Waals surface area contributed by atoms with Gasteiger partial charge in [0.2, 0.25) is 5.91 Å². The van der Waals surface area contributed by atoms with Crippen LogP contribution in [0.3, 0.4) is 0 Å². The molecule has 0 saturated heterocycles. The molecule has 0 aromatic rings. The van der Waals surface area contributed by atoms with Gasteiger partial charge in [-0.15, -0.1) is 0 Å². The van der Waals surface area contributed by atoms with E-state index >= 15 is 0 Å². The van der Waals surface area contributed by atoms with E-state index in [9.17, 15) is 4.79 Å². The molecular formula is C16H27NO2. The second-order valence-electron chi connectivity index (χ2n) is 8.47. The molecule has 0 aliphatic heterocycles. The minimum absolute atomic E-state index is 0.0276. The van der Waals surface area contributed by atoms with Gasteiger partial charge in [-0.05, 0) is 62.2 Å².